The van der Waals surface area contributed by atoms with Gasteiger partial charge >= 0.3 is 5.97 Å². The Bertz CT molecular complexity index is 1560. The van der Waals surface area contributed by atoms with Crippen LogP contribution in [0.2, 0.25) is 0 Å². The Kier molecular flexibility index (Phi) is 10.6. The van der Waals surface area contributed by atoms with E-state index in [0.29, 0.717) is 26.0 Å². The van der Waals surface area contributed by atoms with Crippen molar-refractivity contribution in [2.45, 2.75) is 77.7 Å². The van der Waals surface area contributed by atoms with Gasteiger partial charge in [0.05, 0.1) is 6.04 Å². The minimum atomic E-state index is -0.841. The van der Waals surface area contributed by atoms with Crippen molar-refractivity contribution in [2.24, 2.45) is 5.92 Å². The summed E-state index contributed by atoms with van der Waals surface area (Å²) in [4.78, 5) is 27.3. The van der Waals surface area contributed by atoms with Crippen LogP contribution < -0.4 is 15.4 Å². The van der Waals surface area contributed by atoms with Gasteiger partial charge in [-0.25, -0.2) is 4.79 Å². The van der Waals surface area contributed by atoms with E-state index in [9.17, 15) is 9.59 Å². The van der Waals surface area contributed by atoms with E-state index < -0.39 is 23.7 Å². The SMILES string of the molecule is CC(C)C[C@H](NCC1c2ccccc2-c2ccccc21)C(=O)N[C@@H](Cc1ccc(OCc2ccccc2)cc1)C(=O)OC(C)(C)C. The van der Waals surface area contributed by atoms with Gasteiger partial charge in [-0.05, 0) is 78.6 Å². The third-order valence-corrected chi connectivity index (χ3v) is 8.17. The molecule has 1 amide bonds. The quantitative estimate of drug-likeness (QED) is 0.152. The molecule has 4 aromatic rings. The van der Waals surface area contributed by atoms with Gasteiger partial charge in [-0.2, -0.15) is 0 Å². The molecule has 0 heterocycles. The van der Waals surface area contributed by atoms with Gasteiger partial charge < -0.3 is 20.1 Å². The Morgan fingerprint density at radius 3 is 1.91 bits per heavy atom. The fourth-order valence-corrected chi connectivity index (χ4v) is 6.03. The molecule has 0 aromatic heterocycles. The number of hydrogen-bond donors (Lipinski definition) is 2. The Balaban J connectivity index is 1.29. The van der Waals surface area contributed by atoms with E-state index in [-0.39, 0.29) is 17.7 Å². The molecular weight excluding hydrogens is 572 g/mol. The third-order valence-electron chi connectivity index (χ3n) is 8.17. The maximum absolute atomic E-state index is 13.9. The van der Waals surface area contributed by atoms with Crippen LogP contribution in [0, 0.1) is 5.92 Å². The molecule has 4 aromatic carbocycles. The molecule has 0 saturated heterocycles. The van der Waals surface area contributed by atoms with E-state index >= 15 is 0 Å². The fraction of sp³-hybridized carbons (Fsp3) is 0.350. The summed E-state index contributed by atoms with van der Waals surface area (Å²) < 4.78 is 11.7. The Morgan fingerprint density at radius 2 is 1.33 bits per heavy atom. The second kappa shape index (κ2) is 14.8. The van der Waals surface area contributed by atoms with Gasteiger partial charge in [0.1, 0.15) is 24.0 Å². The van der Waals surface area contributed by atoms with Crippen LogP contribution in [0.1, 0.15) is 69.2 Å². The predicted octanol–water partition coefficient (Wildman–Crippen LogP) is 7.45. The first-order valence-corrected chi connectivity index (χ1v) is 16.3. The summed E-state index contributed by atoms with van der Waals surface area (Å²) in [6.45, 7) is 10.8. The van der Waals surface area contributed by atoms with E-state index in [0.717, 1.165) is 16.9 Å². The predicted molar refractivity (Wildman–Crippen MR) is 184 cm³/mol. The second-order valence-electron chi connectivity index (χ2n) is 13.5. The molecule has 2 N–H and O–H groups in total. The molecule has 46 heavy (non-hydrogen) atoms. The zero-order valence-electron chi connectivity index (χ0n) is 27.6. The van der Waals surface area contributed by atoms with Crippen molar-refractivity contribution < 1.29 is 19.1 Å². The Hall–Kier alpha value is -4.42. The molecule has 2 atom stereocenters. The van der Waals surface area contributed by atoms with Gasteiger partial charge in [0.15, 0.2) is 0 Å². The summed E-state index contributed by atoms with van der Waals surface area (Å²) in [7, 11) is 0. The van der Waals surface area contributed by atoms with Gasteiger partial charge in [-0.3, -0.25) is 4.79 Å². The first-order valence-electron chi connectivity index (χ1n) is 16.3. The fourth-order valence-electron chi connectivity index (χ4n) is 6.03. The molecule has 5 rings (SSSR count). The number of nitrogens with one attached hydrogen (secondary N) is 2. The highest BCUT2D eigenvalue weighted by Crippen LogP contribution is 2.44. The Labute approximate surface area is 273 Å². The van der Waals surface area contributed by atoms with Gasteiger partial charge in [0, 0.05) is 18.9 Å². The maximum Gasteiger partial charge on any atom is 0.329 e. The summed E-state index contributed by atoms with van der Waals surface area (Å²) in [5.41, 5.74) is 6.33. The van der Waals surface area contributed by atoms with E-state index in [1.807, 2.05) is 75.4 Å². The normalized spacial score (nSPS) is 13.9. The average molecular weight is 619 g/mol. The number of hydrogen-bond acceptors (Lipinski definition) is 5. The molecule has 1 aliphatic carbocycles. The van der Waals surface area contributed by atoms with E-state index in [2.05, 4.69) is 73.0 Å². The van der Waals surface area contributed by atoms with Crippen molar-refractivity contribution in [3.63, 3.8) is 0 Å². The van der Waals surface area contributed by atoms with E-state index in [1.54, 1.807) is 0 Å². The second-order valence-corrected chi connectivity index (χ2v) is 13.5. The molecule has 0 aliphatic heterocycles. The number of carbonyl (C=O) groups excluding carboxylic acids is 2. The van der Waals surface area contributed by atoms with E-state index in [4.69, 9.17) is 9.47 Å². The van der Waals surface area contributed by atoms with Crippen molar-refractivity contribution >= 4 is 11.9 Å². The molecule has 0 spiro atoms. The minimum absolute atomic E-state index is 0.138. The zero-order valence-corrected chi connectivity index (χ0v) is 27.6. The number of benzene rings is 4. The van der Waals surface area contributed by atoms with E-state index in [1.165, 1.54) is 22.3 Å². The third kappa shape index (κ3) is 8.64. The first-order chi connectivity index (χ1) is 22.1. The zero-order chi connectivity index (χ0) is 32.7. The highest BCUT2D eigenvalue weighted by molar-refractivity contribution is 5.88. The lowest BCUT2D eigenvalue weighted by Gasteiger charge is -2.27. The van der Waals surface area contributed by atoms with Crippen LogP contribution >= 0.6 is 0 Å². The standard InChI is InChI=1S/C40H46N2O4/c1-27(2)23-36(41-25-35-33-17-11-9-15-31(33)32-16-10-12-18-34(32)35)38(43)42-37(39(44)46-40(3,4)5)24-28-19-21-30(22-20-28)45-26-29-13-7-6-8-14-29/h6-22,27,35-37,41H,23-26H2,1-5H3,(H,42,43)/t36-,37-/m0/s1. The molecule has 0 unspecified atom stereocenters. The van der Waals surface area contributed by atoms with Crippen molar-refractivity contribution in [1.29, 1.82) is 0 Å². The lowest BCUT2D eigenvalue weighted by molar-refractivity contribution is -0.158. The van der Waals surface area contributed by atoms with Gasteiger partial charge in [0.25, 0.3) is 0 Å². The molecule has 6 nitrogen and oxygen atoms in total. The largest absolute Gasteiger partial charge is 0.489 e. The molecule has 0 fully saturated rings. The molecule has 0 bridgehead atoms. The number of carbonyl (C=O) groups is 2. The molecule has 240 valence electrons. The van der Waals surface area contributed by atoms with Crippen molar-refractivity contribution in [2.75, 3.05) is 6.54 Å². The summed E-state index contributed by atoms with van der Waals surface area (Å²) >= 11 is 0. The van der Waals surface area contributed by atoms with Gasteiger partial charge in [-0.1, -0.05) is 105 Å². The number of ether oxygens (including phenoxy) is 2. The first kappa shape index (κ1) is 33.0. The van der Waals surface area contributed by atoms with Crippen LogP contribution in [0.3, 0.4) is 0 Å². The number of amides is 1. The number of esters is 1. The van der Waals surface area contributed by atoms with Gasteiger partial charge in [0.2, 0.25) is 5.91 Å². The summed E-state index contributed by atoms with van der Waals surface area (Å²) in [5.74, 6) is 0.495. The summed E-state index contributed by atoms with van der Waals surface area (Å²) in [6.07, 6.45) is 0.938. The van der Waals surface area contributed by atoms with Crippen LogP contribution in [0.25, 0.3) is 11.1 Å². The van der Waals surface area contributed by atoms with Crippen LogP contribution in [0.5, 0.6) is 5.75 Å². The number of rotatable bonds is 13. The molecule has 0 radical (unpaired) electrons. The molecule has 6 heteroatoms. The lowest BCUT2D eigenvalue weighted by atomic mass is 9.95. The van der Waals surface area contributed by atoms with Crippen LogP contribution in [0.15, 0.2) is 103 Å². The minimum Gasteiger partial charge on any atom is -0.489 e. The Morgan fingerprint density at radius 1 is 0.739 bits per heavy atom. The highest BCUT2D eigenvalue weighted by atomic mass is 16.6. The van der Waals surface area contributed by atoms with Gasteiger partial charge in [-0.15, -0.1) is 0 Å². The van der Waals surface area contributed by atoms with Crippen LogP contribution in [-0.2, 0) is 27.4 Å². The molecule has 0 saturated carbocycles. The summed E-state index contributed by atoms with van der Waals surface area (Å²) in [6, 6.07) is 33.3. The van der Waals surface area contributed by atoms with Crippen molar-refractivity contribution in [1.82, 2.24) is 10.6 Å². The number of fused-ring (bicyclic) bond motifs is 3. The molecular formula is C40H46N2O4. The molecule has 1 aliphatic rings. The lowest BCUT2D eigenvalue weighted by Crippen LogP contribution is -2.53. The summed E-state index contributed by atoms with van der Waals surface area (Å²) in [5, 5.41) is 6.65. The maximum atomic E-state index is 13.9. The smallest absolute Gasteiger partial charge is 0.329 e. The van der Waals surface area contributed by atoms with Crippen LogP contribution in [0.4, 0.5) is 0 Å². The van der Waals surface area contributed by atoms with Crippen molar-refractivity contribution in [3.05, 3.63) is 125 Å². The van der Waals surface area contributed by atoms with Crippen molar-refractivity contribution in [3.8, 4) is 16.9 Å². The highest BCUT2D eigenvalue weighted by Gasteiger charge is 2.32. The van der Waals surface area contributed by atoms with Crippen LogP contribution in [-0.4, -0.2) is 36.1 Å². The topological polar surface area (TPSA) is 76.7 Å². The monoisotopic (exact) mass is 618 g/mol. The average Bonchev–Trinajstić information content (AvgIpc) is 3.35.